The lowest BCUT2D eigenvalue weighted by atomic mass is 9.96. The van der Waals surface area contributed by atoms with Gasteiger partial charge in [0, 0.05) is 6.42 Å². The van der Waals surface area contributed by atoms with Crippen LogP contribution in [0.15, 0.2) is 0 Å². The van der Waals surface area contributed by atoms with Gasteiger partial charge in [0.2, 0.25) is 0 Å². The Labute approximate surface area is 193 Å². The van der Waals surface area contributed by atoms with E-state index in [-0.39, 0.29) is 19.3 Å². The van der Waals surface area contributed by atoms with Crippen LogP contribution in [0.1, 0.15) is 96.8 Å². The first-order valence-corrected chi connectivity index (χ1v) is 12.3. The Bertz CT molecular complexity index is 423. The maximum atomic E-state index is 10.1. The number of aliphatic hydroxyl groups is 8. The Morgan fingerprint density at radius 3 is 1.03 bits per heavy atom. The summed E-state index contributed by atoms with van der Waals surface area (Å²) >= 11 is 0. The lowest BCUT2D eigenvalue weighted by molar-refractivity contribution is 0.0287. The molecule has 0 aromatic carbocycles. The maximum Gasteiger partial charge on any atom is 0.192 e. The fourth-order valence-electron chi connectivity index (χ4n) is 3.88. The van der Waals surface area contributed by atoms with Gasteiger partial charge in [0.05, 0.1) is 49.7 Å². The summed E-state index contributed by atoms with van der Waals surface area (Å²) in [6, 6.07) is 0. The van der Waals surface area contributed by atoms with Gasteiger partial charge >= 0.3 is 0 Å². The summed E-state index contributed by atoms with van der Waals surface area (Å²) in [7, 11) is 0. The lowest BCUT2D eigenvalue weighted by Crippen LogP contribution is -2.24. The third kappa shape index (κ3) is 19.1. The van der Waals surface area contributed by atoms with Gasteiger partial charge in [-0.1, -0.05) is 6.92 Å². The molecule has 0 aromatic rings. The van der Waals surface area contributed by atoms with Crippen LogP contribution in [0, 0.1) is 6.92 Å². The molecule has 0 spiro atoms. The molecule has 0 amide bonds. The van der Waals surface area contributed by atoms with Gasteiger partial charge in [-0.25, -0.2) is 0 Å². The minimum absolute atomic E-state index is 0.147. The SMILES string of the molecule is [CH2+][C@H](O)CCCC(O)CC(O)CCCC(O)CC(O)CC(O)CCCC(O)CC(O)CC. The highest BCUT2D eigenvalue weighted by atomic mass is 16.3. The molecule has 0 radical (unpaired) electrons. The molecule has 8 nitrogen and oxygen atoms in total. The Morgan fingerprint density at radius 2 is 0.719 bits per heavy atom. The molecule has 8 heteroatoms. The average Bonchev–Trinajstić information content (AvgIpc) is 2.67. The summed E-state index contributed by atoms with van der Waals surface area (Å²) in [5, 5.41) is 78.6. The first kappa shape index (κ1) is 31.6. The van der Waals surface area contributed by atoms with Gasteiger partial charge in [0.15, 0.2) is 6.10 Å². The predicted octanol–water partition coefficient (Wildman–Crippen LogP) is 1.19. The van der Waals surface area contributed by atoms with Gasteiger partial charge in [-0.05, 0) is 83.5 Å². The molecule has 0 saturated carbocycles. The van der Waals surface area contributed by atoms with Crippen LogP contribution in [0.2, 0.25) is 0 Å². The summed E-state index contributed by atoms with van der Waals surface area (Å²) in [6.07, 6.45) is 0.762. The largest absolute Gasteiger partial charge is 0.393 e. The van der Waals surface area contributed by atoms with Crippen molar-refractivity contribution in [3.8, 4) is 0 Å². The van der Waals surface area contributed by atoms with E-state index in [1.807, 2.05) is 6.92 Å². The predicted molar refractivity (Wildman–Crippen MR) is 124 cm³/mol. The van der Waals surface area contributed by atoms with E-state index >= 15 is 0 Å². The monoisotopic (exact) mass is 465 g/mol. The summed E-state index contributed by atoms with van der Waals surface area (Å²) in [4.78, 5) is 0. The van der Waals surface area contributed by atoms with Crippen molar-refractivity contribution >= 4 is 0 Å². The lowest BCUT2D eigenvalue weighted by Gasteiger charge is -2.20. The van der Waals surface area contributed by atoms with Gasteiger partial charge in [0.25, 0.3) is 0 Å². The summed E-state index contributed by atoms with van der Waals surface area (Å²) < 4.78 is 0. The number of hydrogen-bond donors (Lipinski definition) is 8. The van der Waals surface area contributed by atoms with Crippen molar-refractivity contribution in [2.45, 2.75) is 146 Å². The van der Waals surface area contributed by atoms with Crippen LogP contribution < -0.4 is 0 Å². The van der Waals surface area contributed by atoms with Crippen molar-refractivity contribution in [3.05, 3.63) is 6.92 Å². The molecule has 0 fully saturated rings. The highest BCUT2D eigenvalue weighted by molar-refractivity contribution is 4.71. The first-order valence-electron chi connectivity index (χ1n) is 12.3. The van der Waals surface area contributed by atoms with E-state index in [0.717, 1.165) is 0 Å². The van der Waals surface area contributed by atoms with Crippen LogP contribution in [0.5, 0.6) is 0 Å². The Morgan fingerprint density at radius 1 is 0.438 bits per heavy atom. The van der Waals surface area contributed by atoms with Gasteiger partial charge in [0.1, 0.15) is 0 Å². The van der Waals surface area contributed by atoms with Crippen LogP contribution in [-0.4, -0.2) is 89.7 Å². The second-order valence-corrected chi connectivity index (χ2v) is 9.37. The van der Waals surface area contributed by atoms with E-state index in [2.05, 4.69) is 6.92 Å². The third-order valence-corrected chi connectivity index (χ3v) is 5.87. The highest BCUT2D eigenvalue weighted by Gasteiger charge is 2.18. The van der Waals surface area contributed by atoms with Crippen molar-refractivity contribution in [2.24, 2.45) is 0 Å². The minimum atomic E-state index is -0.831. The molecule has 0 aliphatic heterocycles. The van der Waals surface area contributed by atoms with Crippen LogP contribution in [0.3, 0.4) is 0 Å². The Balaban J connectivity index is 3.86. The fraction of sp³-hybridized carbons (Fsp3) is 0.958. The molecule has 0 aromatic heterocycles. The Kier molecular flexibility index (Phi) is 18.7. The zero-order chi connectivity index (χ0) is 24.5. The molecule has 0 aliphatic carbocycles. The zero-order valence-electron chi connectivity index (χ0n) is 19.8. The second-order valence-electron chi connectivity index (χ2n) is 9.37. The van der Waals surface area contributed by atoms with Gasteiger partial charge < -0.3 is 40.9 Å². The van der Waals surface area contributed by atoms with Crippen LogP contribution in [0.25, 0.3) is 0 Å². The maximum absolute atomic E-state index is 10.1. The minimum Gasteiger partial charge on any atom is -0.393 e. The normalized spacial score (nSPS) is 19.7. The van der Waals surface area contributed by atoms with E-state index in [1.54, 1.807) is 0 Å². The summed E-state index contributed by atoms with van der Waals surface area (Å²) in [5.41, 5.74) is 0. The van der Waals surface area contributed by atoms with Crippen molar-refractivity contribution in [2.75, 3.05) is 0 Å². The summed E-state index contributed by atoms with van der Waals surface area (Å²) in [6.45, 7) is 5.32. The molecule has 7 unspecified atom stereocenters. The molecular weight excluding hydrogens is 416 g/mol. The van der Waals surface area contributed by atoms with Crippen molar-refractivity contribution in [1.29, 1.82) is 0 Å². The van der Waals surface area contributed by atoms with E-state index in [1.165, 1.54) is 0 Å². The van der Waals surface area contributed by atoms with Gasteiger partial charge in [-0.15, -0.1) is 0 Å². The van der Waals surface area contributed by atoms with Crippen LogP contribution >= 0.6 is 0 Å². The molecule has 8 atom stereocenters. The van der Waals surface area contributed by atoms with Crippen molar-refractivity contribution < 1.29 is 40.9 Å². The molecule has 0 heterocycles. The van der Waals surface area contributed by atoms with Crippen molar-refractivity contribution in [3.63, 3.8) is 0 Å². The van der Waals surface area contributed by atoms with Crippen LogP contribution in [0.4, 0.5) is 0 Å². The topological polar surface area (TPSA) is 162 Å². The highest BCUT2D eigenvalue weighted by Crippen LogP contribution is 2.17. The number of aliphatic hydroxyl groups excluding tert-OH is 8. The molecule has 0 bridgehead atoms. The van der Waals surface area contributed by atoms with Gasteiger partial charge in [-0.3, -0.25) is 0 Å². The molecule has 32 heavy (non-hydrogen) atoms. The van der Waals surface area contributed by atoms with Crippen LogP contribution in [-0.2, 0) is 0 Å². The number of hydrogen-bond acceptors (Lipinski definition) is 8. The quantitative estimate of drug-likeness (QED) is 0.117. The smallest absolute Gasteiger partial charge is 0.192 e. The van der Waals surface area contributed by atoms with E-state index < -0.39 is 48.8 Å². The third-order valence-electron chi connectivity index (χ3n) is 5.87. The average molecular weight is 466 g/mol. The van der Waals surface area contributed by atoms with E-state index in [4.69, 9.17) is 5.11 Å². The zero-order valence-corrected chi connectivity index (χ0v) is 19.8. The second kappa shape index (κ2) is 18.9. The summed E-state index contributed by atoms with van der Waals surface area (Å²) in [5.74, 6) is 0. The van der Waals surface area contributed by atoms with E-state index in [0.29, 0.717) is 70.6 Å². The molecule has 8 N–H and O–H groups in total. The number of rotatable bonds is 21. The van der Waals surface area contributed by atoms with Gasteiger partial charge in [-0.2, -0.15) is 0 Å². The molecule has 0 rings (SSSR count). The first-order chi connectivity index (χ1) is 15.0. The molecule has 0 aliphatic rings. The fourth-order valence-corrected chi connectivity index (χ4v) is 3.88. The molecule has 0 saturated heterocycles. The molecule has 192 valence electrons. The Hall–Kier alpha value is -0.450. The van der Waals surface area contributed by atoms with E-state index in [9.17, 15) is 35.7 Å². The molecular formula is C24H49O8+. The standard InChI is InChI=1S/C24H49O8/c1-3-18(26)13-19(27)9-5-11-22(30)15-24(32)16-23(31)12-6-10-21(29)14-20(28)8-4-7-17(2)25/h17-32H,2-16H2,1H3/q+1/t17-,18?,19?,20?,21?,22?,23?,24?/m0/s1. The van der Waals surface area contributed by atoms with Crippen molar-refractivity contribution in [1.82, 2.24) is 0 Å².